The molecule has 2 rings (SSSR count). The van der Waals surface area contributed by atoms with E-state index in [9.17, 15) is 0 Å². The number of nitrogens with one attached hydrogen (secondary N) is 1. The van der Waals surface area contributed by atoms with Crippen LogP contribution in [-0.2, 0) is 25.6 Å². The standard InChI is InChI=1S/C19H33N7O/c1-9-20-18(21-10-15-22-17(27-24-15)19(4,5)6)25(7)11-14-12-26(8)23-16(14)13(2)3/h12-13H,9-11H2,1-8H3,(H,20,21). The minimum Gasteiger partial charge on any atom is -0.357 e. The first kappa shape index (κ1) is 20.9. The molecule has 0 saturated heterocycles. The van der Waals surface area contributed by atoms with Crippen LogP contribution >= 0.6 is 0 Å². The third-order valence-corrected chi connectivity index (χ3v) is 4.07. The second-order valence-electron chi connectivity index (χ2n) is 8.16. The summed E-state index contributed by atoms with van der Waals surface area (Å²) in [7, 11) is 3.98. The lowest BCUT2D eigenvalue weighted by Crippen LogP contribution is -2.38. The molecule has 1 N–H and O–H groups in total. The van der Waals surface area contributed by atoms with Crippen molar-refractivity contribution in [3.05, 3.63) is 29.2 Å². The smallest absolute Gasteiger partial charge is 0.232 e. The van der Waals surface area contributed by atoms with Gasteiger partial charge < -0.3 is 14.7 Å². The fourth-order valence-electron chi connectivity index (χ4n) is 2.73. The molecule has 0 spiro atoms. The summed E-state index contributed by atoms with van der Waals surface area (Å²) in [4.78, 5) is 11.2. The highest BCUT2D eigenvalue weighted by Gasteiger charge is 2.21. The molecule has 2 heterocycles. The molecular formula is C19H33N7O. The fraction of sp³-hybridized carbons (Fsp3) is 0.684. The fourth-order valence-corrected chi connectivity index (χ4v) is 2.73. The van der Waals surface area contributed by atoms with Gasteiger partial charge in [-0.25, -0.2) is 4.99 Å². The summed E-state index contributed by atoms with van der Waals surface area (Å²) in [6, 6.07) is 0. The monoisotopic (exact) mass is 375 g/mol. The Balaban J connectivity index is 2.13. The van der Waals surface area contributed by atoms with Gasteiger partial charge >= 0.3 is 0 Å². The molecule has 0 aromatic carbocycles. The van der Waals surface area contributed by atoms with Gasteiger partial charge in [-0.05, 0) is 12.8 Å². The van der Waals surface area contributed by atoms with Gasteiger partial charge in [-0.15, -0.1) is 0 Å². The van der Waals surface area contributed by atoms with E-state index in [4.69, 9.17) is 4.52 Å². The van der Waals surface area contributed by atoms with Crippen molar-refractivity contribution in [3.8, 4) is 0 Å². The van der Waals surface area contributed by atoms with Crippen molar-refractivity contribution < 1.29 is 4.52 Å². The first-order valence-electron chi connectivity index (χ1n) is 9.46. The number of hydrogen-bond donors (Lipinski definition) is 1. The molecular weight excluding hydrogens is 342 g/mol. The van der Waals surface area contributed by atoms with Crippen LogP contribution in [-0.4, -0.2) is 44.4 Å². The van der Waals surface area contributed by atoms with Crippen molar-refractivity contribution in [3.63, 3.8) is 0 Å². The minimum atomic E-state index is -0.163. The minimum absolute atomic E-state index is 0.163. The number of rotatable bonds is 6. The van der Waals surface area contributed by atoms with Gasteiger partial charge in [-0.2, -0.15) is 10.1 Å². The van der Waals surface area contributed by atoms with Gasteiger partial charge in [0.1, 0.15) is 6.54 Å². The third kappa shape index (κ3) is 5.55. The van der Waals surface area contributed by atoms with E-state index in [2.05, 4.69) is 57.4 Å². The molecule has 0 aliphatic heterocycles. The number of aryl methyl sites for hydroxylation is 1. The zero-order valence-electron chi connectivity index (χ0n) is 17.9. The maximum Gasteiger partial charge on any atom is 0.232 e. The molecule has 8 heteroatoms. The second-order valence-corrected chi connectivity index (χ2v) is 8.16. The van der Waals surface area contributed by atoms with Crippen molar-refractivity contribution in [1.82, 2.24) is 30.1 Å². The van der Waals surface area contributed by atoms with E-state index in [1.165, 1.54) is 5.56 Å². The maximum absolute atomic E-state index is 5.35. The van der Waals surface area contributed by atoms with E-state index in [0.29, 0.717) is 24.2 Å². The number of guanidine groups is 1. The predicted molar refractivity (Wildman–Crippen MR) is 107 cm³/mol. The zero-order chi connectivity index (χ0) is 20.2. The van der Waals surface area contributed by atoms with E-state index < -0.39 is 0 Å². The van der Waals surface area contributed by atoms with Crippen molar-refractivity contribution in [2.75, 3.05) is 13.6 Å². The van der Waals surface area contributed by atoms with Crippen molar-refractivity contribution in [2.45, 2.75) is 66.0 Å². The molecule has 0 atom stereocenters. The topological polar surface area (TPSA) is 84.4 Å². The summed E-state index contributed by atoms with van der Waals surface area (Å²) in [5.41, 5.74) is 2.16. The molecule has 2 aromatic rings. The van der Waals surface area contributed by atoms with E-state index in [-0.39, 0.29) is 5.41 Å². The first-order valence-corrected chi connectivity index (χ1v) is 9.46. The van der Waals surface area contributed by atoms with Crippen molar-refractivity contribution >= 4 is 5.96 Å². The lowest BCUT2D eigenvalue weighted by Gasteiger charge is -2.22. The normalized spacial score (nSPS) is 12.7. The lowest BCUT2D eigenvalue weighted by atomic mass is 9.97. The Morgan fingerprint density at radius 1 is 1.37 bits per heavy atom. The van der Waals surface area contributed by atoms with Crippen LogP contribution in [0, 0.1) is 0 Å². The van der Waals surface area contributed by atoms with Crippen LogP contribution in [0.25, 0.3) is 0 Å². The molecule has 2 aromatic heterocycles. The Bertz CT molecular complexity index is 767. The highest BCUT2D eigenvalue weighted by Crippen LogP contribution is 2.20. The summed E-state index contributed by atoms with van der Waals surface area (Å²) < 4.78 is 7.22. The number of hydrogen-bond acceptors (Lipinski definition) is 5. The highest BCUT2D eigenvalue weighted by molar-refractivity contribution is 5.79. The predicted octanol–water partition coefficient (Wildman–Crippen LogP) is 2.82. The van der Waals surface area contributed by atoms with E-state index in [0.717, 1.165) is 24.7 Å². The number of aromatic nitrogens is 4. The molecule has 27 heavy (non-hydrogen) atoms. The molecule has 150 valence electrons. The van der Waals surface area contributed by atoms with E-state index >= 15 is 0 Å². The summed E-state index contributed by atoms with van der Waals surface area (Å²) in [5, 5.41) is 12.0. The SMILES string of the molecule is CCNC(=NCc1noc(C(C)(C)C)n1)N(C)Cc1cn(C)nc1C(C)C. The van der Waals surface area contributed by atoms with Crippen molar-refractivity contribution in [2.24, 2.45) is 12.0 Å². The Kier molecular flexibility index (Phi) is 6.62. The highest BCUT2D eigenvalue weighted by atomic mass is 16.5. The molecule has 0 amide bonds. The second kappa shape index (κ2) is 8.54. The van der Waals surface area contributed by atoms with Crippen LogP contribution in [0.4, 0.5) is 0 Å². The Morgan fingerprint density at radius 2 is 2.07 bits per heavy atom. The van der Waals surface area contributed by atoms with Crippen LogP contribution in [0.15, 0.2) is 15.7 Å². The Hall–Kier alpha value is -2.38. The molecule has 0 fully saturated rings. The summed E-state index contributed by atoms with van der Waals surface area (Å²) in [6.45, 7) is 14.4. The van der Waals surface area contributed by atoms with Gasteiger partial charge in [0.15, 0.2) is 11.8 Å². The van der Waals surface area contributed by atoms with Crippen molar-refractivity contribution in [1.29, 1.82) is 0 Å². The van der Waals surface area contributed by atoms with Crippen LogP contribution in [0.2, 0.25) is 0 Å². The van der Waals surface area contributed by atoms with Crippen LogP contribution in [0.3, 0.4) is 0 Å². The maximum atomic E-state index is 5.35. The molecule has 0 aliphatic carbocycles. The zero-order valence-corrected chi connectivity index (χ0v) is 17.9. The van der Waals surface area contributed by atoms with Crippen LogP contribution in [0.5, 0.6) is 0 Å². The summed E-state index contributed by atoms with van der Waals surface area (Å²) in [6.07, 6.45) is 2.07. The quantitative estimate of drug-likeness (QED) is 0.617. The Morgan fingerprint density at radius 3 is 2.63 bits per heavy atom. The molecule has 8 nitrogen and oxygen atoms in total. The first-order chi connectivity index (χ1) is 12.6. The van der Waals surface area contributed by atoms with Crippen LogP contribution < -0.4 is 5.32 Å². The van der Waals surface area contributed by atoms with Crippen LogP contribution in [0.1, 0.15) is 70.4 Å². The average Bonchev–Trinajstić information content (AvgIpc) is 3.17. The van der Waals surface area contributed by atoms with Gasteiger partial charge in [-0.1, -0.05) is 39.8 Å². The average molecular weight is 376 g/mol. The molecule has 0 radical (unpaired) electrons. The van der Waals surface area contributed by atoms with Gasteiger partial charge in [0.25, 0.3) is 0 Å². The summed E-state index contributed by atoms with van der Waals surface area (Å²) in [5.74, 6) is 2.40. The molecule has 0 unspecified atom stereocenters. The van der Waals surface area contributed by atoms with Gasteiger partial charge in [0.2, 0.25) is 5.89 Å². The van der Waals surface area contributed by atoms with E-state index in [1.54, 1.807) is 0 Å². The summed E-state index contributed by atoms with van der Waals surface area (Å²) >= 11 is 0. The Labute approximate surface area is 162 Å². The third-order valence-electron chi connectivity index (χ3n) is 4.07. The van der Waals surface area contributed by atoms with Gasteiger partial charge in [0, 0.05) is 44.4 Å². The van der Waals surface area contributed by atoms with Gasteiger partial charge in [-0.3, -0.25) is 4.68 Å². The molecule has 0 bridgehead atoms. The lowest BCUT2D eigenvalue weighted by molar-refractivity contribution is 0.318. The van der Waals surface area contributed by atoms with Gasteiger partial charge in [0.05, 0.1) is 5.69 Å². The molecule has 0 aliphatic rings. The largest absolute Gasteiger partial charge is 0.357 e. The number of aliphatic imine (C=N–C) groups is 1. The number of nitrogens with zero attached hydrogens (tertiary/aromatic N) is 6. The van der Waals surface area contributed by atoms with E-state index in [1.807, 2.05) is 39.5 Å². The molecule has 0 saturated carbocycles.